The SMILES string of the molecule is CCCCC1CN=C(N)c2sccc2O1. The summed E-state index contributed by atoms with van der Waals surface area (Å²) in [4.78, 5) is 5.33. The second-order valence-corrected chi connectivity index (χ2v) is 4.64. The maximum absolute atomic E-state index is 5.89. The lowest BCUT2D eigenvalue weighted by atomic mass is 10.1. The Morgan fingerprint density at radius 3 is 3.33 bits per heavy atom. The van der Waals surface area contributed by atoms with Crippen LogP contribution < -0.4 is 10.5 Å². The van der Waals surface area contributed by atoms with E-state index in [0.29, 0.717) is 12.4 Å². The molecule has 2 heterocycles. The molecule has 0 bridgehead atoms. The summed E-state index contributed by atoms with van der Waals surface area (Å²) in [5.41, 5.74) is 5.86. The smallest absolute Gasteiger partial charge is 0.141 e. The summed E-state index contributed by atoms with van der Waals surface area (Å²) in [6, 6.07) is 1.98. The second kappa shape index (κ2) is 4.66. The Bertz CT molecular complexity index is 359. The molecule has 15 heavy (non-hydrogen) atoms. The van der Waals surface area contributed by atoms with Crippen LogP contribution in [-0.2, 0) is 0 Å². The van der Waals surface area contributed by atoms with Gasteiger partial charge < -0.3 is 10.5 Å². The van der Waals surface area contributed by atoms with E-state index in [9.17, 15) is 0 Å². The molecule has 1 aromatic heterocycles. The third-order valence-electron chi connectivity index (χ3n) is 2.50. The van der Waals surface area contributed by atoms with Crippen molar-refractivity contribution in [3.63, 3.8) is 0 Å². The molecular weight excluding hydrogens is 208 g/mol. The first-order chi connectivity index (χ1) is 7.31. The normalized spacial score (nSPS) is 20.1. The van der Waals surface area contributed by atoms with E-state index in [-0.39, 0.29) is 6.10 Å². The zero-order chi connectivity index (χ0) is 10.7. The predicted octanol–water partition coefficient (Wildman–Crippen LogP) is 2.40. The Hall–Kier alpha value is -1.03. The molecule has 4 heteroatoms. The van der Waals surface area contributed by atoms with Gasteiger partial charge in [-0.05, 0) is 24.3 Å². The fraction of sp³-hybridized carbons (Fsp3) is 0.545. The number of fused-ring (bicyclic) bond motifs is 1. The van der Waals surface area contributed by atoms with Crippen LogP contribution in [0.4, 0.5) is 0 Å². The van der Waals surface area contributed by atoms with Gasteiger partial charge in [0.15, 0.2) is 0 Å². The standard InChI is InChI=1S/C11H16N2OS/c1-2-3-4-8-7-13-11(12)10-9(14-8)5-6-15-10/h5-6,8H,2-4,7H2,1H3,(H2,12,13). The number of thiophene rings is 1. The lowest BCUT2D eigenvalue weighted by molar-refractivity contribution is 0.199. The molecule has 3 nitrogen and oxygen atoms in total. The number of hydrogen-bond donors (Lipinski definition) is 1. The molecule has 2 rings (SSSR count). The van der Waals surface area contributed by atoms with Crippen LogP contribution >= 0.6 is 11.3 Å². The lowest BCUT2D eigenvalue weighted by Crippen LogP contribution is -2.19. The van der Waals surface area contributed by atoms with E-state index in [1.165, 1.54) is 12.8 Å². The van der Waals surface area contributed by atoms with E-state index in [4.69, 9.17) is 10.5 Å². The van der Waals surface area contributed by atoms with Gasteiger partial charge in [-0.3, -0.25) is 4.99 Å². The monoisotopic (exact) mass is 224 g/mol. The highest BCUT2D eigenvalue weighted by molar-refractivity contribution is 7.12. The Morgan fingerprint density at radius 1 is 1.67 bits per heavy atom. The molecule has 0 radical (unpaired) electrons. The quantitative estimate of drug-likeness (QED) is 0.857. The second-order valence-electron chi connectivity index (χ2n) is 3.72. The van der Waals surface area contributed by atoms with Crippen LogP contribution in [0.3, 0.4) is 0 Å². The highest BCUT2D eigenvalue weighted by atomic mass is 32.1. The van der Waals surface area contributed by atoms with Crippen molar-refractivity contribution in [2.45, 2.75) is 32.3 Å². The molecule has 0 aliphatic carbocycles. The third-order valence-corrected chi connectivity index (χ3v) is 3.42. The molecule has 0 fully saturated rings. The summed E-state index contributed by atoms with van der Waals surface area (Å²) in [6.07, 6.45) is 3.62. The molecule has 82 valence electrons. The van der Waals surface area contributed by atoms with Crippen LogP contribution in [0.25, 0.3) is 0 Å². The van der Waals surface area contributed by atoms with Crippen LogP contribution in [-0.4, -0.2) is 18.5 Å². The van der Waals surface area contributed by atoms with Gasteiger partial charge in [0.25, 0.3) is 0 Å². The van der Waals surface area contributed by atoms with Gasteiger partial charge in [-0.15, -0.1) is 11.3 Å². The van der Waals surface area contributed by atoms with E-state index in [1.54, 1.807) is 11.3 Å². The molecular formula is C11H16N2OS. The van der Waals surface area contributed by atoms with E-state index in [2.05, 4.69) is 11.9 Å². The van der Waals surface area contributed by atoms with Gasteiger partial charge in [-0.1, -0.05) is 13.3 Å². The Balaban J connectivity index is 2.12. The van der Waals surface area contributed by atoms with Crippen molar-refractivity contribution < 1.29 is 4.74 Å². The Kier molecular flexibility index (Phi) is 3.26. The summed E-state index contributed by atoms with van der Waals surface area (Å²) in [5, 5.41) is 2.00. The summed E-state index contributed by atoms with van der Waals surface area (Å²) < 4.78 is 5.89. The lowest BCUT2D eigenvalue weighted by Gasteiger charge is -2.14. The summed E-state index contributed by atoms with van der Waals surface area (Å²) in [6.45, 7) is 2.87. The molecule has 1 aliphatic rings. The average molecular weight is 224 g/mol. The van der Waals surface area contributed by atoms with Crippen LogP contribution in [0.5, 0.6) is 5.75 Å². The van der Waals surface area contributed by atoms with Crippen molar-refractivity contribution in [1.29, 1.82) is 0 Å². The van der Waals surface area contributed by atoms with Gasteiger partial charge in [0.1, 0.15) is 22.6 Å². The molecule has 1 aliphatic heterocycles. The number of nitrogens with two attached hydrogens (primary N) is 1. The largest absolute Gasteiger partial charge is 0.487 e. The van der Waals surface area contributed by atoms with Crippen molar-refractivity contribution in [3.05, 3.63) is 16.3 Å². The minimum Gasteiger partial charge on any atom is -0.487 e. The highest BCUT2D eigenvalue weighted by Crippen LogP contribution is 2.28. The van der Waals surface area contributed by atoms with E-state index in [0.717, 1.165) is 17.0 Å². The predicted molar refractivity (Wildman–Crippen MR) is 63.9 cm³/mol. The van der Waals surface area contributed by atoms with Crippen molar-refractivity contribution >= 4 is 17.2 Å². The van der Waals surface area contributed by atoms with Crippen molar-refractivity contribution in [1.82, 2.24) is 0 Å². The molecule has 0 spiro atoms. The molecule has 1 atom stereocenters. The number of aliphatic imine (C=N–C) groups is 1. The molecule has 0 saturated heterocycles. The van der Waals surface area contributed by atoms with Crippen molar-refractivity contribution in [3.8, 4) is 5.75 Å². The van der Waals surface area contributed by atoms with E-state index >= 15 is 0 Å². The zero-order valence-electron chi connectivity index (χ0n) is 8.90. The number of amidine groups is 1. The topological polar surface area (TPSA) is 47.6 Å². The molecule has 1 unspecified atom stereocenters. The summed E-state index contributed by atoms with van der Waals surface area (Å²) in [7, 11) is 0. The first-order valence-corrected chi connectivity index (χ1v) is 6.23. The third kappa shape index (κ3) is 2.31. The van der Waals surface area contributed by atoms with Crippen LogP contribution in [0.2, 0.25) is 0 Å². The van der Waals surface area contributed by atoms with Gasteiger partial charge >= 0.3 is 0 Å². The van der Waals surface area contributed by atoms with Gasteiger partial charge in [0.2, 0.25) is 0 Å². The Labute approximate surface area is 94.0 Å². The fourth-order valence-corrected chi connectivity index (χ4v) is 2.39. The van der Waals surface area contributed by atoms with Gasteiger partial charge in [-0.25, -0.2) is 0 Å². The van der Waals surface area contributed by atoms with E-state index < -0.39 is 0 Å². The first-order valence-electron chi connectivity index (χ1n) is 5.35. The molecule has 1 aromatic rings. The highest BCUT2D eigenvalue weighted by Gasteiger charge is 2.19. The van der Waals surface area contributed by atoms with Crippen LogP contribution in [0, 0.1) is 0 Å². The minimum absolute atomic E-state index is 0.194. The number of rotatable bonds is 3. The number of nitrogens with zero attached hydrogens (tertiary/aromatic N) is 1. The van der Waals surface area contributed by atoms with Crippen molar-refractivity contribution in [2.24, 2.45) is 10.7 Å². The van der Waals surface area contributed by atoms with E-state index in [1.807, 2.05) is 11.4 Å². The van der Waals surface area contributed by atoms with Crippen LogP contribution in [0.1, 0.15) is 31.1 Å². The molecule has 0 saturated carbocycles. The maximum atomic E-state index is 5.89. The zero-order valence-corrected chi connectivity index (χ0v) is 9.72. The molecule has 0 aromatic carbocycles. The number of ether oxygens (including phenoxy) is 1. The fourth-order valence-electron chi connectivity index (χ4n) is 1.65. The molecule has 0 amide bonds. The average Bonchev–Trinajstić information content (AvgIpc) is 2.64. The van der Waals surface area contributed by atoms with Crippen LogP contribution in [0.15, 0.2) is 16.4 Å². The number of unbranched alkanes of at least 4 members (excludes halogenated alkanes) is 1. The van der Waals surface area contributed by atoms with Gasteiger partial charge in [0, 0.05) is 0 Å². The van der Waals surface area contributed by atoms with Gasteiger partial charge in [0.05, 0.1) is 6.54 Å². The minimum atomic E-state index is 0.194. The maximum Gasteiger partial charge on any atom is 0.141 e. The summed E-state index contributed by atoms with van der Waals surface area (Å²) in [5.74, 6) is 1.53. The van der Waals surface area contributed by atoms with Crippen molar-refractivity contribution in [2.75, 3.05) is 6.54 Å². The first kappa shape index (κ1) is 10.5. The summed E-state index contributed by atoms with van der Waals surface area (Å²) >= 11 is 1.59. The molecule has 2 N–H and O–H groups in total. The number of hydrogen-bond acceptors (Lipinski definition) is 4. The Morgan fingerprint density at radius 2 is 2.53 bits per heavy atom. The van der Waals surface area contributed by atoms with Gasteiger partial charge in [-0.2, -0.15) is 0 Å².